The van der Waals surface area contributed by atoms with Gasteiger partial charge >= 0.3 is 0 Å². The Morgan fingerprint density at radius 3 is 2.26 bits per heavy atom. The summed E-state index contributed by atoms with van der Waals surface area (Å²) in [7, 11) is 3.21. The first-order chi connectivity index (χ1) is 24.1. The number of hydrogen-bond acceptors (Lipinski definition) is 9. The lowest BCUT2D eigenvalue weighted by atomic mass is 9.92. The predicted octanol–water partition coefficient (Wildman–Crippen LogP) is 4.19. The molecule has 12 heteroatoms. The molecular formula is C38H50N4O8. The molecule has 1 aliphatic carbocycles. The molecule has 3 aromatic rings. The van der Waals surface area contributed by atoms with Crippen molar-refractivity contribution in [3.8, 4) is 11.5 Å². The number of hydrogen-bond donors (Lipinski definition) is 3. The minimum atomic E-state index is -0.325. The van der Waals surface area contributed by atoms with Gasteiger partial charge in [-0.3, -0.25) is 14.4 Å². The average molecular weight is 691 g/mol. The SMILES string of the molecule is COc1cccc(/C=C2/CCc3c2nc2ccccc2c3C(=O)NCC(=O)NCCOCCOCCOCC(=O)NCCC(C)(C)C)c1OC. The molecule has 1 aliphatic rings. The highest BCUT2D eigenvalue weighted by molar-refractivity contribution is 6.10. The van der Waals surface area contributed by atoms with Gasteiger partial charge in [-0.05, 0) is 54.0 Å². The molecular weight excluding hydrogens is 640 g/mol. The van der Waals surface area contributed by atoms with E-state index in [1.165, 1.54) is 0 Å². The molecule has 0 saturated carbocycles. The molecule has 0 aliphatic heterocycles. The molecule has 50 heavy (non-hydrogen) atoms. The van der Waals surface area contributed by atoms with Gasteiger partial charge in [0.1, 0.15) is 6.61 Å². The third-order valence-corrected chi connectivity index (χ3v) is 8.08. The van der Waals surface area contributed by atoms with Crippen LogP contribution in [0.2, 0.25) is 0 Å². The molecule has 0 unspecified atom stereocenters. The first-order valence-corrected chi connectivity index (χ1v) is 17.0. The summed E-state index contributed by atoms with van der Waals surface area (Å²) in [5.41, 5.74) is 4.89. The third kappa shape index (κ3) is 11.3. The van der Waals surface area contributed by atoms with Crippen LogP contribution in [0.3, 0.4) is 0 Å². The van der Waals surface area contributed by atoms with Gasteiger partial charge in [0.2, 0.25) is 11.8 Å². The summed E-state index contributed by atoms with van der Waals surface area (Å²) in [5, 5.41) is 9.14. The van der Waals surface area contributed by atoms with Gasteiger partial charge in [0, 0.05) is 24.0 Å². The van der Waals surface area contributed by atoms with Gasteiger partial charge in [0.15, 0.2) is 11.5 Å². The van der Waals surface area contributed by atoms with E-state index in [-0.39, 0.29) is 42.8 Å². The Labute approximate surface area is 294 Å². The summed E-state index contributed by atoms with van der Waals surface area (Å²) >= 11 is 0. The Kier molecular flexibility index (Phi) is 14.6. The van der Waals surface area contributed by atoms with Crippen LogP contribution in [0.4, 0.5) is 0 Å². The Bertz CT molecular complexity index is 1650. The number of methoxy groups -OCH3 is 2. The summed E-state index contributed by atoms with van der Waals surface area (Å²) in [5.74, 6) is 0.481. The number of ether oxygens (including phenoxy) is 5. The van der Waals surface area contributed by atoms with Crippen LogP contribution < -0.4 is 25.4 Å². The van der Waals surface area contributed by atoms with E-state index in [2.05, 4.69) is 36.7 Å². The molecule has 2 aromatic carbocycles. The van der Waals surface area contributed by atoms with E-state index in [0.29, 0.717) is 75.0 Å². The quantitative estimate of drug-likeness (QED) is 0.158. The van der Waals surface area contributed by atoms with Crippen molar-refractivity contribution in [1.29, 1.82) is 0 Å². The van der Waals surface area contributed by atoms with Gasteiger partial charge in [0.25, 0.3) is 5.91 Å². The number of carbonyl (C=O) groups is 3. The fraction of sp³-hybridized carbons (Fsp3) is 0.474. The molecule has 0 spiro atoms. The van der Waals surface area contributed by atoms with E-state index >= 15 is 0 Å². The molecule has 0 radical (unpaired) electrons. The normalized spacial score (nSPS) is 13.3. The first kappa shape index (κ1) is 38.3. The van der Waals surface area contributed by atoms with Crippen molar-refractivity contribution in [2.24, 2.45) is 5.41 Å². The molecule has 1 heterocycles. The van der Waals surface area contributed by atoms with Crippen LogP contribution in [-0.4, -0.2) is 96.2 Å². The predicted molar refractivity (Wildman–Crippen MR) is 192 cm³/mol. The number of nitrogens with zero attached hydrogens (tertiary/aromatic N) is 1. The van der Waals surface area contributed by atoms with Crippen molar-refractivity contribution in [2.75, 3.05) is 73.5 Å². The number of amides is 3. The number of aromatic nitrogens is 1. The second-order valence-corrected chi connectivity index (χ2v) is 13.1. The number of allylic oxidation sites excluding steroid dienone is 1. The van der Waals surface area contributed by atoms with Crippen LogP contribution in [0.25, 0.3) is 22.6 Å². The summed E-state index contributed by atoms with van der Waals surface area (Å²) in [4.78, 5) is 42.8. The Hall–Kier alpha value is -4.52. The van der Waals surface area contributed by atoms with Crippen LogP contribution in [0.1, 0.15) is 60.8 Å². The lowest BCUT2D eigenvalue weighted by Gasteiger charge is -2.17. The van der Waals surface area contributed by atoms with Crippen molar-refractivity contribution in [3.63, 3.8) is 0 Å². The minimum Gasteiger partial charge on any atom is -0.493 e. The molecule has 4 rings (SSSR count). The number of rotatable bonds is 19. The highest BCUT2D eigenvalue weighted by atomic mass is 16.5. The maximum Gasteiger partial charge on any atom is 0.252 e. The Morgan fingerprint density at radius 1 is 0.800 bits per heavy atom. The van der Waals surface area contributed by atoms with Crippen LogP contribution in [-0.2, 0) is 30.2 Å². The topological polar surface area (TPSA) is 146 Å². The lowest BCUT2D eigenvalue weighted by Crippen LogP contribution is -2.38. The van der Waals surface area contributed by atoms with Crippen LogP contribution in [0.5, 0.6) is 11.5 Å². The molecule has 0 saturated heterocycles. The van der Waals surface area contributed by atoms with Crippen LogP contribution >= 0.6 is 0 Å². The molecule has 12 nitrogen and oxygen atoms in total. The van der Waals surface area contributed by atoms with Crippen molar-refractivity contribution >= 4 is 40.3 Å². The number of benzene rings is 2. The summed E-state index contributed by atoms with van der Waals surface area (Å²) in [6.07, 6.45) is 4.28. The van der Waals surface area contributed by atoms with Crippen LogP contribution in [0.15, 0.2) is 42.5 Å². The minimum absolute atomic E-state index is 0.00483. The number of nitrogens with one attached hydrogen (secondary N) is 3. The highest BCUT2D eigenvalue weighted by Gasteiger charge is 2.27. The van der Waals surface area contributed by atoms with Gasteiger partial charge in [-0.2, -0.15) is 0 Å². The summed E-state index contributed by atoms with van der Waals surface area (Å²) in [6.45, 7) is 8.79. The highest BCUT2D eigenvalue weighted by Crippen LogP contribution is 2.40. The summed E-state index contributed by atoms with van der Waals surface area (Å²) in [6, 6.07) is 13.2. The molecule has 0 atom stereocenters. The van der Waals surface area contributed by atoms with E-state index in [0.717, 1.165) is 34.2 Å². The van der Waals surface area contributed by atoms with Crippen molar-refractivity contribution in [2.45, 2.75) is 40.0 Å². The van der Waals surface area contributed by atoms with Crippen LogP contribution in [0, 0.1) is 5.41 Å². The molecule has 0 fully saturated rings. The first-order valence-electron chi connectivity index (χ1n) is 17.0. The number of para-hydroxylation sites is 2. The zero-order chi connectivity index (χ0) is 35.9. The molecule has 270 valence electrons. The zero-order valence-electron chi connectivity index (χ0n) is 29.8. The maximum atomic E-state index is 13.6. The van der Waals surface area contributed by atoms with Gasteiger partial charge in [0.05, 0.1) is 70.6 Å². The van der Waals surface area contributed by atoms with Gasteiger partial charge < -0.3 is 39.6 Å². The number of fused-ring (bicyclic) bond motifs is 2. The van der Waals surface area contributed by atoms with E-state index in [4.69, 9.17) is 28.7 Å². The van der Waals surface area contributed by atoms with E-state index in [9.17, 15) is 14.4 Å². The van der Waals surface area contributed by atoms with E-state index in [1.807, 2.05) is 48.5 Å². The smallest absolute Gasteiger partial charge is 0.252 e. The van der Waals surface area contributed by atoms with E-state index < -0.39 is 0 Å². The second-order valence-electron chi connectivity index (χ2n) is 13.1. The van der Waals surface area contributed by atoms with Crippen molar-refractivity contribution in [3.05, 3.63) is 64.8 Å². The van der Waals surface area contributed by atoms with Gasteiger partial charge in [-0.15, -0.1) is 0 Å². The van der Waals surface area contributed by atoms with Gasteiger partial charge in [-0.25, -0.2) is 4.98 Å². The number of pyridine rings is 1. The Morgan fingerprint density at radius 2 is 1.52 bits per heavy atom. The average Bonchev–Trinajstić information content (AvgIpc) is 3.49. The lowest BCUT2D eigenvalue weighted by molar-refractivity contribution is -0.126. The Balaban J connectivity index is 1.19. The second kappa shape index (κ2) is 19.0. The van der Waals surface area contributed by atoms with Gasteiger partial charge in [-0.1, -0.05) is 51.1 Å². The largest absolute Gasteiger partial charge is 0.493 e. The zero-order valence-corrected chi connectivity index (χ0v) is 29.8. The standard InChI is InChI=1S/C38H50N4O8/c1-38(2,3)15-16-39-33(44)25-50-22-21-49-20-19-48-18-17-40-32(43)24-41-37(45)34-28-10-6-7-11-30(28)42-35-26(13-14-29(34)35)23-27-9-8-12-31(46-4)36(27)47-5/h6-12,23H,13-22,24-25H2,1-5H3,(H,39,44)(H,40,43)(H,41,45)/b26-23-. The molecule has 3 N–H and O–H groups in total. The third-order valence-electron chi connectivity index (χ3n) is 8.08. The molecule has 1 aromatic heterocycles. The molecule has 0 bridgehead atoms. The fourth-order valence-electron chi connectivity index (χ4n) is 5.56. The van der Waals surface area contributed by atoms with E-state index in [1.54, 1.807) is 14.2 Å². The van der Waals surface area contributed by atoms with Crippen molar-refractivity contribution < 1.29 is 38.1 Å². The van der Waals surface area contributed by atoms with Crippen molar-refractivity contribution in [1.82, 2.24) is 20.9 Å². The monoisotopic (exact) mass is 690 g/mol. The number of carbonyl (C=O) groups excluding carboxylic acids is 3. The summed E-state index contributed by atoms with van der Waals surface area (Å²) < 4.78 is 27.4. The fourth-order valence-corrected chi connectivity index (χ4v) is 5.56. The molecule has 3 amide bonds. The maximum absolute atomic E-state index is 13.6.